The number of imidazole rings is 1. The zero-order valence-electron chi connectivity index (χ0n) is 13.3. The number of hydrogen-bond donors (Lipinski definition) is 0. The Bertz CT molecular complexity index is 809. The lowest BCUT2D eigenvalue weighted by Gasteiger charge is -2.11. The first-order valence-corrected chi connectivity index (χ1v) is 7.82. The molecule has 0 aliphatic rings. The van der Waals surface area contributed by atoms with Crippen molar-refractivity contribution < 1.29 is 4.74 Å². The number of methoxy groups -OCH3 is 1. The molecule has 0 atom stereocenters. The van der Waals surface area contributed by atoms with Crippen LogP contribution in [0.3, 0.4) is 0 Å². The van der Waals surface area contributed by atoms with Crippen LogP contribution in [0.25, 0.3) is 17.2 Å². The fourth-order valence-corrected chi connectivity index (χ4v) is 2.60. The zero-order valence-corrected chi connectivity index (χ0v) is 14.1. The summed E-state index contributed by atoms with van der Waals surface area (Å²) in [6, 6.07) is 11.9. The Labute approximate surface area is 140 Å². The van der Waals surface area contributed by atoms with Gasteiger partial charge in [-0.1, -0.05) is 49.7 Å². The second-order valence-electron chi connectivity index (χ2n) is 5.56. The van der Waals surface area contributed by atoms with Gasteiger partial charge in [-0.25, -0.2) is 4.98 Å². The van der Waals surface area contributed by atoms with Crippen molar-refractivity contribution in [3.8, 4) is 23.1 Å². The van der Waals surface area contributed by atoms with Crippen LogP contribution >= 0.6 is 11.6 Å². The molecule has 1 aromatic carbocycles. The third-order valence-corrected chi connectivity index (χ3v) is 4.01. The van der Waals surface area contributed by atoms with E-state index in [1.165, 1.54) is 5.56 Å². The number of ether oxygens (including phenoxy) is 1. The number of rotatable bonds is 4. The predicted molar refractivity (Wildman–Crippen MR) is 92.4 cm³/mol. The van der Waals surface area contributed by atoms with Crippen LogP contribution < -0.4 is 4.74 Å². The Morgan fingerprint density at radius 2 is 1.83 bits per heavy atom. The van der Waals surface area contributed by atoms with Crippen LogP contribution in [0.4, 0.5) is 0 Å². The van der Waals surface area contributed by atoms with Crippen molar-refractivity contribution in [3.05, 3.63) is 59.4 Å². The van der Waals surface area contributed by atoms with E-state index in [9.17, 15) is 0 Å². The highest BCUT2D eigenvalue weighted by molar-refractivity contribution is 6.32. The molecule has 0 spiro atoms. The number of nitrogens with zero attached hydrogens (tertiary/aromatic N) is 3. The predicted octanol–water partition coefficient (Wildman–Crippen LogP) is 4.72. The number of halogens is 1. The molecule has 5 heteroatoms. The molecule has 2 heterocycles. The fraction of sp³-hybridized carbons (Fsp3) is 0.222. The maximum absolute atomic E-state index is 6.30. The number of pyridine rings is 1. The van der Waals surface area contributed by atoms with Crippen LogP contribution in [0.2, 0.25) is 5.02 Å². The molecule has 0 saturated carbocycles. The summed E-state index contributed by atoms with van der Waals surface area (Å²) in [7, 11) is 1.58. The quantitative estimate of drug-likeness (QED) is 0.696. The van der Waals surface area contributed by atoms with Gasteiger partial charge in [0, 0.05) is 24.0 Å². The minimum atomic E-state index is 0.498. The third kappa shape index (κ3) is 3.08. The van der Waals surface area contributed by atoms with Crippen LogP contribution in [0.15, 0.2) is 48.8 Å². The van der Waals surface area contributed by atoms with Gasteiger partial charge in [0.15, 0.2) is 5.82 Å². The summed E-state index contributed by atoms with van der Waals surface area (Å²) in [6.07, 6.45) is 3.59. The van der Waals surface area contributed by atoms with Crippen molar-refractivity contribution in [2.24, 2.45) is 0 Å². The highest BCUT2D eigenvalue weighted by Gasteiger charge is 2.13. The van der Waals surface area contributed by atoms with E-state index in [0.29, 0.717) is 22.6 Å². The van der Waals surface area contributed by atoms with Gasteiger partial charge >= 0.3 is 0 Å². The van der Waals surface area contributed by atoms with Gasteiger partial charge in [0.2, 0.25) is 5.88 Å². The lowest BCUT2D eigenvalue weighted by atomic mass is 10.0. The Balaban J connectivity index is 2.06. The molecule has 0 aliphatic carbocycles. The average molecular weight is 328 g/mol. The number of aromatic nitrogens is 3. The SMILES string of the molecule is COc1ccc(Cl)c(-n2ccnc2-c2ccc(C(C)C)cc2)n1. The van der Waals surface area contributed by atoms with E-state index in [1.54, 1.807) is 25.4 Å². The molecule has 2 aromatic heterocycles. The molecular weight excluding hydrogens is 310 g/mol. The molecule has 0 fully saturated rings. The van der Waals surface area contributed by atoms with Crippen molar-refractivity contribution in [1.82, 2.24) is 14.5 Å². The van der Waals surface area contributed by atoms with E-state index < -0.39 is 0 Å². The summed E-state index contributed by atoms with van der Waals surface area (Å²) in [5.74, 6) is 2.41. The fourth-order valence-electron chi connectivity index (χ4n) is 2.40. The molecule has 0 amide bonds. The second-order valence-corrected chi connectivity index (χ2v) is 5.96. The molecule has 3 aromatic rings. The summed E-state index contributed by atoms with van der Waals surface area (Å²) in [6.45, 7) is 4.35. The second kappa shape index (κ2) is 6.42. The Kier molecular flexibility index (Phi) is 4.35. The van der Waals surface area contributed by atoms with Crippen molar-refractivity contribution in [2.45, 2.75) is 19.8 Å². The summed E-state index contributed by atoms with van der Waals surface area (Å²) < 4.78 is 7.06. The molecule has 0 N–H and O–H groups in total. The summed E-state index contributed by atoms with van der Waals surface area (Å²) >= 11 is 6.30. The van der Waals surface area contributed by atoms with Crippen LogP contribution in [0.5, 0.6) is 5.88 Å². The molecule has 23 heavy (non-hydrogen) atoms. The number of benzene rings is 1. The normalized spacial score (nSPS) is 11.0. The van der Waals surface area contributed by atoms with Gasteiger partial charge in [0.1, 0.15) is 5.82 Å². The summed E-state index contributed by atoms with van der Waals surface area (Å²) in [5.41, 5.74) is 2.31. The summed E-state index contributed by atoms with van der Waals surface area (Å²) in [4.78, 5) is 8.89. The number of hydrogen-bond acceptors (Lipinski definition) is 3. The van der Waals surface area contributed by atoms with Gasteiger partial charge in [-0.05, 0) is 17.5 Å². The maximum atomic E-state index is 6.30. The molecule has 0 bridgehead atoms. The molecule has 118 valence electrons. The van der Waals surface area contributed by atoms with Crippen molar-refractivity contribution in [1.29, 1.82) is 0 Å². The van der Waals surface area contributed by atoms with Gasteiger partial charge in [-0.2, -0.15) is 4.98 Å². The molecule has 3 rings (SSSR count). The van der Waals surface area contributed by atoms with Gasteiger partial charge in [0.25, 0.3) is 0 Å². The van der Waals surface area contributed by atoms with E-state index in [4.69, 9.17) is 16.3 Å². The topological polar surface area (TPSA) is 39.9 Å². The smallest absolute Gasteiger partial charge is 0.215 e. The monoisotopic (exact) mass is 327 g/mol. The maximum Gasteiger partial charge on any atom is 0.215 e. The Morgan fingerprint density at radius 3 is 2.48 bits per heavy atom. The highest BCUT2D eigenvalue weighted by Crippen LogP contribution is 2.27. The first-order chi connectivity index (χ1) is 11.1. The van der Waals surface area contributed by atoms with Crippen LogP contribution in [0.1, 0.15) is 25.3 Å². The zero-order chi connectivity index (χ0) is 16.4. The lowest BCUT2D eigenvalue weighted by molar-refractivity contribution is 0.397. The van der Waals surface area contributed by atoms with Gasteiger partial charge < -0.3 is 4.74 Å². The largest absolute Gasteiger partial charge is 0.481 e. The van der Waals surface area contributed by atoms with Gasteiger partial charge in [-0.3, -0.25) is 4.57 Å². The minimum Gasteiger partial charge on any atom is -0.481 e. The van der Waals surface area contributed by atoms with Crippen molar-refractivity contribution in [3.63, 3.8) is 0 Å². The van der Waals surface area contributed by atoms with Crippen molar-refractivity contribution in [2.75, 3.05) is 7.11 Å². The van der Waals surface area contributed by atoms with E-state index in [-0.39, 0.29) is 0 Å². The summed E-state index contributed by atoms with van der Waals surface area (Å²) in [5, 5.41) is 0.545. The minimum absolute atomic E-state index is 0.498. The Morgan fingerprint density at radius 1 is 1.09 bits per heavy atom. The standard InChI is InChI=1S/C18H18ClN3O/c1-12(2)13-4-6-14(7-5-13)17-20-10-11-22(17)18-15(19)8-9-16(21-18)23-3/h4-12H,1-3H3. The van der Waals surface area contributed by atoms with Crippen LogP contribution in [-0.4, -0.2) is 21.6 Å². The third-order valence-electron chi connectivity index (χ3n) is 3.72. The molecule has 0 saturated heterocycles. The van der Waals surface area contributed by atoms with Gasteiger partial charge in [0.05, 0.1) is 12.1 Å². The molecule has 0 radical (unpaired) electrons. The van der Waals surface area contributed by atoms with Crippen LogP contribution in [-0.2, 0) is 0 Å². The Hall–Kier alpha value is -2.33. The van der Waals surface area contributed by atoms with E-state index in [2.05, 4.69) is 48.1 Å². The molecule has 4 nitrogen and oxygen atoms in total. The molecular formula is C18H18ClN3O. The van der Waals surface area contributed by atoms with Crippen molar-refractivity contribution >= 4 is 11.6 Å². The van der Waals surface area contributed by atoms with Gasteiger partial charge in [-0.15, -0.1) is 0 Å². The average Bonchev–Trinajstić information content (AvgIpc) is 3.04. The first kappa shape index (κ1) is 15.6. The van der Waals surface area contributed by atoms with Crippen LogP contribution in [0, 0.1) is 0 Å². The van der Waals surface area contributed by atoms with E-state index >= 15 is 0 Å². The highest BCUT2D eigenvalue weighted by atomic mass is 35.5. The lowest BCUT2D eigenvalue weighted by Crippen LogP contribution is -2.01. The first-order valence-electron chi connectivity index (χ1n) is 7.44. The molecule has 0 unspecified atom stereocenters. The molecule has 0 aliphatic heterocycles. The van der Waals surface area contributed by atoms with E-state index in [0.717, 1.165) is 11.4 Å². The van der Waals surface area contributed by atoms with E-state index in [1.807, 2.05) is 10.8 Å².